The molecule has 0 amide bonds. The van der Waals surface area contributed by atoms with E-state index in [2.05, 4.69) is 25.3 Å². The molecule has 0 fully saturated rings. The van der Waals surface area contributed by atoms with Crippen molar-refractivity contribution in [3.63, 3.8) is 0 Å². The largest absolute Gasteiger partial charge is 0.499 e. The number of ether oxygens (including phenoxy) is 1. The van der Waals surface area contributed by atoms with Gasteiger partial charge in [-0.15, -0.1) is 0 Å². The van der Waals surface area contributed by atoms with Crippen molar-refractivity contribution in [2.75, 3.05) is 13.7 Å². The normalized spacial score (nSPS) is 8.29. The van der Waals surface area contributed by atoms with Crippen LogP contribution in [-0.2, 0) is 9.26 Å². The lowest BCUT2D eigenvalue weighted by atomic mass is 10.6. The molecule has 3 heteroatoms. The summed E-state index contributed by atoms with van der Waals surface area (Å²) in [5.41, 5.74) is 0. The predicted octanol–water partition coefficient (Wildman–Crippen LogP) is 0.953. The van der Waals surface area contributed by atoms with E-state index in [0.29, 0.717) is 12.4 Å². The summed E-state index contributed by atoms with van der Waals surface area (Å²) >= 11 is 0. The first-order valence-electron chi connectivity index (χ1n) is 1.84. The molecule has 0 aliphatic heterocycles. The Morgan fingerprint density at radius 3 is 2.57 bits per heavy atom. The van der Waals surface area contributed by atoms with Gasteiger partial charge in [0.25, 0.3) is 0 Å². The molecule has 0 aromatic heterocycles. The van der Waals surface area contributed by atoms with Gasteiger partial charge in [0, 0.05) is 9.47 Å². The molecule has 42 valence electrons. The summed E-state index contributed by atoms with van der Waals surface area (Å²) in [5.74, 6) is 0.634. The molecule has 0 bridgehead atoms. The molecule has 0 aromatic carbocycles. The van der Waals surface area contributed by atoms with Gasteiger partial charge in [-0.05, 0) is 0 Å². The van der Waals surface area contributed by atoms with Crippen LogP contribution in [0, 0.1) is 0 Å². The van der Waals surface area contributed by atoms with Crippen molar-refractivity contribution in [3.8, 4) is 0 Å². The first-order chi connectivity index (χ1) is 3.31. The summed E-state index contributed by atoms with van der Waals surface area (Å²) in [6.45, 7) is 3.95. The third-order valence-electron chi connectivity index (χ3n) is 0.533. The Labute approximate surface area is 45.8 Å². The zero-order valence-electron chi connectivity index (χ0n) is 4.31. The Hall–Kier alpha value is -0.0700. The van der Waals surface area contributed by atoms with Crippen molar-refractivity contribution in [3.05, 3.63) is 12.3 Å². The number of methoxy groups -OCH3 is 1. The van der Waals surface area contributed by atoms with E-state index in [-0.39, 0.29) is 0 Å². The minimum Gasteiger partial charge on any atom is -0.499 e. The van der Waals surface area contributed by atoms with E-state index in [9.17, 15) is 0 Å². The van der Waals surface area contributed by atoms with E-state index in [0.717, 1.165) is 0 Å². The van der Waals surface area contributed by atoms with Gasteiger partial charge in [-0.3, -0.25) is 0 Å². The van der Waals surface area contributed by atoms with Crippen LogP contribution in [0.2, 0.25) is 0 Å². The second-order valence-electron chi connectivity index (χ2n) is 1.05. The minimum absolute atomic E-state index is 0.446. The molecule has 1 atom stereocenters. The summed E-state index contributed by atoms with van der Waals surface area (Å²) in [7, 11) is 3.67. The minimum atomic E-state index is 0.446. The molecular formula is C4H9O2P. The van der Waals surface area contributed by atoms with E-state index in [1.165, 1.54) is 0 Å². The Morgan fingerprint density at radius 1 is 1.86 bits per heavy atom. The highest BCUT2D eigenvalue weighted by Crippen LogP contribution is 1.93. The molecule has 0 saturated heterocycles. The fourth-order valence-corrected chi connectivity index (χ4v) is 0.338. The van der Waals surface area contributed by atoms with Crippen LogP contribution in [0.5, 0.6) is 0 Å². The Balaban J connectivity index is 3.00. The van der Waals surface area contributed by atoms with Gasteiger partial charge in [-0.1, -0.05) is 6.58 Å². The van der Waals surface area contributed by atoms with Gasteiger partial charge in [-0.2, -0.15) is 0 Å². The van der Waals surface area contributed by atoms with Crippen LogP contribution in [0.4, 0.5) is 0 Å². The van der Waals surface area contributed by atoms with Gasteiger partial charge in [0.1, 0.15) is 12.4 Å². The van der Waals surface area contributed by atoms with Crippen molar-refractivity contribution < 1.29 is 9.26 Å². The molecule has 0 saturated carbocycles. The highest BCUT2D eigenvalue weighted by atomic mass is 31.0. The maximum Gasteiger partial charge on any atom is 0.114 e. The van der Waals surface area contributed by atoms with Gasteiger partial charge in [-0.25, -0.2) is 0 Å². The predicted molar refractivity (Wildman–Crippen MR) is 31.8 cm³/mol. The molecular weight excluding hydrogens is 111 g/mol. The van der Waals surface area contributed by atoms with Crippen LogP contribution in [-0.4, -0.2) is 13.7 Å². The molecule has 2 nitrogen and oxygen atoms in total. The maximum absolute atomic E-state index is 4.66. The number of hydrogen-bond donors (Lipinski definition) is 0. The Bertz CT molecular complexity index is 62.7. The van der Waals surface area contributed by atoms with Crippen molar-refractivity contribution in [1.82, 2.24) is 0 Å². The second-order valence-corrected chi connectivity index (χ2v) is 1.39. The van der Waals surface area contributed by atoms with Crippen molar-refractivity contribution in [1.29, 1.82) is 0 Å². The smallest absolute Gasteiger partial charge is 0.114 e. The zero-order chi connectivity index (χ0) is 5.70. The third-order valence-corrected chi connectivity index (χ3v) is 0.700. The summed E-state index contributed by atoms with van der Waals surface area (Å²) in [6.07, 6.45) is 0. The fraction of sp³-hybridized carbons (Fsp3) is 0.500. The lowest BCUT2D eigenvalue weighted by molar-refractivity contribution is 0.235. The zero-order valence-corrected chi connectivity index (χ0v) is 5.46. The van der Waals surface area contributed by atoms with Gasteiger partial charge in [0.2, 0.25) is 0 Å². The van der Waals surface area contributed by atoms with Gasteiger partial charge in [0.15, 0.2) is 0 Å². The average Bonchev–Trinajstić information content (AvgIpc) is 1.68. The summed E-state index contributed by atoms with van der Waals surface area (Å²) in [6, 6.07) is 0. The van der Waals surface area contributed by atoms with Crippen LogP contribution in [0.15, 0.2) is 12.3 Å². The highest BCUT2D eigenvalue weighted by molar-refractivity contribution is 7.09. The lowest BCUT2D eigenvalue weighted by Crippen LogP contribution is -1.89. The molecule has 1 unspecified atom stereocenters. The molecule has 0 N–H and O–H groups in total. The van der Waals surface area contributed by atoms with Crippen molar-refractivity contribution >= 4 is 9.47 Å². The maximum atomic E-state index is 4.66. The van der Waals surface area contributed by atoms with E-state index >= 15 is 0 Å². The van der Waals surface area contributed by atoms with Crippen LogP contribution < -0.4 is 0 Å². The summed E-state index contributed by atoms with van der Waals surface area (Å²) in [5, 5.41) is 0. The number of hydrogen-bond acceptors (Lipinski definition) is 2. The topological polar surface area (TPSA) is 18.5 Å². The standard InChI is InChI=1S/C4H9O2P/c1-4(5-2)3-6-7/h1,3,7H2,2H3. The number of rotatable bonds is 3. The highest BCUT2D eigenvalue weighted by Gasteiger charge is 1.84. The van der Waals surface area contributed by atoms with Crippen LogP contribution >= 0.6 is 9.47 Å². The molecule has 7 heavy (non-hydrogen) atoms. The SMILES string of the molecule is C=C(COP)OC. The first kappa shape index (κ1) is 6.93. The Kier molecular flexibility index (Phi) is 4.06. The van der Waals surface area contributed by atoms with E-state index < -0.39 is 0 Å². The van der Waals surface area contributed by atoms with Crippen LogP contribution in [0.3, 0.4) is 0 Å². The van der Waals surface area contributed by atoms with Crippen LogP contribution in [0.1, 0.15) is 0 Å². The molecule has 0 aliphatic rings. The molecule has 0 aliphatic carbocycles. The van der Waals surface area contributed by atoms with Gasteiger partial charge in [0.05, 0.1) is 7.11 Å². The van der Waals surface area contributed by atoms with Gasteiger partial charge >= 0.3 is 0 Å². The summed E-state index contributed by atoms with van der Waals surface area (Å²) in [4.78, 5) is 0. The van der Waals surface area contributed by atoms with Crippen molar-refractivity contribution in [2.45, 2.75) is 0 Å². The lowest BCUT2D eigenvalue weighted by Gasteiger charge is -1.98. The van der Waals surface area contributed by atoms with Crippen LogP contribution in [0.25, 0.3) is 0 Å². The molecule has 0 aromatic rings. The fourth-order valence-electron chi connectivity index (χ4n) is 0.152. The van der Waals surface area contributed by atoms with E-state index in [1.54, 1.807) is 7.11 Å². The average molecular weight is 120 g/mol. The van der Waals surface area contributed by atoms with E-state index in [4.69, 9.17) is 0 Å². The second kappa shape index (κ2) is 4.10. The molecule has 0 spiro atoms. The molecule has 0 heterocycles. The van der Waals surface area contributed by atoms with Gasteiger partial charge < -0.3 is 9.26 Å². The Morgan fingerprint density at radius 2 is 2.43 bits per heavy atom. The quantitative estimate of drug-likeness (QED) is 0.408. The van der Waals surface area contributed by atoms with E-state index in [1.807, 2.05) is 0 Å². The molecule has 0 radical (unpaired) electrons. The molecule has 0 rings (SSSR count). The summed E-state index contributed by atoms with van der Waals surface area (Å²) < 4.78 is 9.24. The van der Waals surface area contributed by atoms with Crippen molar-refractivity contribution in [2.24, 2.45) is 0 Å². The third kappa shape index (κ3) is 3.77. The monoisotopic (exact) mass is 120 g/mol. The first-order valence-corrected chi connectivity index (χ1v) is 2.32.